The van der Waals surface area contributed by atoms with E-state index in [0.717, 1.165) is 6.42 Å². The highest BCUT2D eigenvalue weighted by molar-refractivity contribution is 8.03. The molecule has 2 fully saturated rings. The van der Waals surface area contributed by atoms with Crippen molar-refractivity contribution >= 4 is 29.3 Å². The molecule has 0 amide bonds. The van der Waals surface area contributed by atoms with E-state index in [9.17, 15) is 24.6 Å². The Kier molecular flexibility index (Phi) is 8.49. The lowest BCUT2D eigenvalue weighted by Crippen LogP contribution is -2.66. The van der Waals surface area contributed by atoms with Crippen LogP contribution >= 0.6 is 11.8 Å². The lowest BCUT2D eigenvalue weighted by Gasteiger charge is -2.61. The smallest absolute Gasteiger partial charge is 0.302 e. The van der Waals surface area contributed by atoms with Crippen LogP contribution < -0.4 is 0 Å². The largest absolute Gasteiger partial charge is 0.482 e. The predicted molar refractivity (Wildman–Crippen MR) is 152 cm³/mol. The molecule has 2 aliphatic heterocycles. The third-order valence-corrected chi connectivity index (χ3v) is 10.9. The molecule has 0 radical (unpaired) electrons. The van der Waals surface area contributed by atoms with Gasteiger partial charge in [0.25, 0.3) is 0 Å². The van der Waals surface area contributed by atoms with Gasteiger partial charge in [-0.1, -0.05) is 34.1 Å². The van der Waals surface area contributed by atoms with Gasteiger partial charge >= 0.3 is 5.97 Å². The zero-order chi connectivity index (χ0) is 29.9. The van der Waals surface area contributed by atoms with Crippen LogP contribution in [0.15, 0.2) is 21.8 Å². The maximum Gasteiger partial charge on any atom is 0.302 e. The summed E-state index contributed by atoms with van der Waals surface area (Å²) in [5.74, 6) is -2.40. The summed E-state index contributed by atoms with van der Waals surface area (Å²) in [7, 11) is 0. The number of Topliss-reactive ketones (excluding diaryl/α,β-unsaturated/α-hetero) is 2. The van der Waals surface area contributed by atoms with Crippen LogP contribution in [0.4, 0.5) is 0 Å². The number of aliphatic hydroxyl groups excluding tert-OH is 1. The molecule has 224 valence electrons. The zero-order valence-electron chi connectivity index (χ0n) is 25.3. The van der Waals surface area contributed by atoms with Gasteiger partial charge in [-0.3, -0.25) is 14.4 Å². The Morgan fingerprint density at radius 3 is 2.38 bits per heavy atom. The van der Waals surface area contributed by atoms with Crippen LogP contribution in [0.2, 0.25) is 0 Å². The Balaban J connectivity index is 1.74. The molecule has 4 aliphatic rings. The molecule has 9 atom stereocenters. The lowest BCUT2D eigenvalue weighted by molar-refractivity contribution is -0.260. The number of ketones is 2. The van der Waals surface area contributed by atoms with Crippen molar-refractivity contribution in [2.24, 2.45) is 23.2 Å². The van der Waals surface area contributed by atoms with E-state index in [2.05, 4.69) is 6.92 Å². The van der Waals surface area contributed by atoms with Gasteiger partial charge in [0.15, 0.2) is 5.76 Å². The van der Waals surface area contributed by atoms with Gasteiger partial charge in [-0.2, -0.15) is 0 Å². The minimum Gasteiger partial charge on any atom is -0.482 e. The van der Waals surface area contributed by atoms with Gasteiger partial charge in [-0.15, -0.1) is 11.8 Å². The molecule has 0 bridgehead atoms. The lowest BCUT2D eigenvalue weighted by atomic mass is 9.52. The molecule has 1 saturated heterocycles. The van der Waals surface area contributed by atoms with Crippen LogP contribution in [-0.2, 0) is 28.6 Å². The molecule has 40 heavy (non-hydrogen) atoms. The van der Waals surface area contributed by atoms with Gasteiger partial charge in [0, 0.05) is 29.7 Å². The van der Waals surface area contributed by atoms with Crippen molar-refractivity contribution in [2.75, 3.05) is 6.26 Å². The fourth-order valence-corrected chi connectivity index (χ4v) is 8.55. The van der Waals surface area contributed by atoms with E-state index in [-0.39, 0.29) is 39.9 Å². The number of carbonyl (C=O) groups excluding carboxylic acids is 3. The standard InChI is InChI=1S/C31H46O8S/c1-10-15(2)25(37-17(4)32)16(3)20-22(33)26-21(23(34)27(20)40-9)24(35)28-30(7)13-11-18(29(5,6)36)38-19(30)12-14-31(28,8)39-26/h15-16,18-19,24-25,28,35-36H,10-14H2,1-9H3. The Morgan fingerprint density at radius 1 is 1.18 bits per heavy atom. The molecule has 0 aromatic heterocycles. The van der Waals surface area contributed by atoms with Crippen LogP contribution in [-0.4, -0.2) is 69.6 Å². The predicted octanol–water partition coefficient (Wildman–Crippen LogP) is 4.51. The number of esters is 1. The maximum atomic E-state index is 14.2. The first kappa shape index (κ1) is 31.3. The molecule has 0 spiro atoms. The molecule has 2 N–H and O–H groups in total. The average Bonchev–Trinajstić information content (AvgIpc) is 2.86. The average molecular weight is 579 g/mol. The summed E-state index contributed by atoms with van der Waals surface area (Å²) in [6, 6.07) is 0. The van der Waals surface area contributed by atoms with Gasteiger partial charge in [-0.25, -0.2) is 0 Å². The fourth-order valence-electron chi connectivity index (χ4n) is 7.76. The second-order valence-corrected chi connectivity index (χ2v) is 14.1. The van der Waals surface area contributed by atoms with Crippen molar-refractivity contribution in [3.8, 4) is 0 Å². The van der Waals surface area contributed by atoms with Gasteiger partial charge < -0.3 is 24.4 Å². The molecule has 0 aromatic carbocycles. The highest BCUT2D eigenvalue weighted by Crippen LogP contribution is 2.60. The number of aliphatic hydroxyl groups is 2. The molecular weight excluding hydrogens is 532 g/mol. The van der Waals surface area contributed by atoms with Gasteiger partial charge in [0.1, 0.15) is 11.7 Å². The van der Waals surface area contributed by atoms with Crippen LogP contribution in [0.3, 0.4) is 0 Å². The summed E-state index contributed by atoms with van der Waals surface area (Å²) in [6.07, 6.45) is 2.59. The third-order valence-electron chi connectivity index (χ3n) is 10.1. The van der Waals surface area contributed by atoms with E-state index in [1.165, 1.54) is 18.7 Å². The fraction of sp³-hybridized carbons (Fsp3) is 0.774. The monoisotopic (exact) mass is 578 g/mol. The first-order valence-corrected chi connectivity index (χ1v) is 15.8. The Labute approximate surface area is 242 Å². The highest BCUT2D eigenvalue weighted by atomic mass is 32.2. The van der Waals surface area contributed by atoms with E-state index in [1.807, 2.05) is 27.7 Å². The first-order valence-electron chi connectivity index (χ1n) is 14.6. The van der Waals surface area contributed by atoms with E-state index in [0.29, 0.717) is 25.7 Å². The molecule has 8 nitrogen and oxygen atoms in total. The van der Waals surface area contributed by atoms with Crippen molar-refractivity contribution in [1.29, 1.82) is 0 Å². The minimum atomic E-state index is -1.21. The van der Waals surface area contributed by atoms with Crippen molar-refractivity contribution in [3.63, 3.8) is 0 Å². The molecule has 2 aliphatic carbocycles. The zero-order valence-corrected chi connectivity index (χ0v) is 26.1. The number of rotatable bonds is 7. The first-order chi connectivity index (χ1) is 18.5. The number of carbonyl (C=O) groups is 3. The number of fused-ring (bicyclic) bond motifs is 3. The molecular formula is C31H46O8S. The topological polar surface area (TPSA) is 119 Å². The summed E-state index contributed by atoms with van der Waals surface area (Å²) in [4.78, 5) is 40.5. The normalized spacial score (nSPS) is 36.7. The van der Waals surface area contributed by atoms with Crippen molar-refractivity contribution in [2.45, 2.75) is 123 Å². The summed E-state index contributed by atoms with van der Waals surface area (Å²) in [5.41, 5.74) is -2.10. The summed E-state index contributed by atoms with van der Waals surface area (Å²) in [6.45, 7) is 14.6. The summed E-state index contributed by atoms with van der Waals surface area (Å²) in [5, 5.41) is 22.6. The third kappa shape index (κ3) is 4.99. The molecule has 4 rings (SSSR count). The van der Waals surface area contributed by atoms with Crippen molar-refractivity contribution in [3.05, 3.63) is 21.8 Å². The van der Waals surface area contributed by atoms with Crippen LogP contribution in [0.5, 0.6) is 0 Å². The SMILES string of the molecule is CCC(C)C(OC(C)=O)C(C)C1=C(SC)C(=O)C2=C(OC3(C)CCC4OC(C(C)(C)O)CCC4(C)C3C2O)C1=O. The second-order valence-electron chi connectivity index (χ2n) is 13.3. The molecule has 2 heterocycles. The van der Waals surface area contributed by atoms with Crippen LogP contribution in [0.25, 0.3) is 0 Å². The summed E-state index contributed by atoms with van der Waals surface area (Å²) < 4.78 is 18.7. The molecule has 0 aromatic rings. The number of hydrogen-bond acceptors (Lipinski definition) is 9. The van der Waals surface area contributed by atoms with Crippen molar-refractivity contribution in [1.82, 2.24) is 0 Å². The van der Waals surface area contributed by atoms with E-state index < -0.39 is 58.2 Å². The number of allylic oxidation sites excluding steroid dienone is 2. The minimum absolute atomic E-state index is 0.0202. The Bertz CT molecular complexity index is 1130. The second kappa shape index (κ2) is 10.9. The van der Waals surface area contributed by atoms with Gasteiger partial charge in [0.2, 0.25) is 11.6 Å². The molecule has 1 saturated carbocycles. The molecule has 9 heteroatoms. The number of thioether (sulfide) groups is 1. The maximum absolute atomic E-state index is 14.2. The quantitative estimate of drug-likeness (QED) is 0.332. The highest BCUT2D eigenvalue weighted by Gasteiger charge is 2.65. The van der Waals surface area contributed by atoms with Crippen LogP contribution in [0, 0.1) is 23.2 Å². The van der Waals surface area contributed by atoms with E-state index in [4.69, 9.17) is 14.2 Å². The summed E-state index contributed by atoms with van der Waals surface area (Å²) >= 11 is 1.18. The van der Waals surface area contributed by atoms with E-state index in [1.54, 1.807) is 20.1 Å². The molecule has 9 unspecified atom stereocenters. The van der Waals surface area contributed by atoms with Gasteiger partial charge in [-0.05, 0) is 58.6 Å². The number of hydrogen-bond donors (Lipinski definition) is 2. The number of ether oxygens (including phenoxy) is 3. The Hall–Kier alpha value is -1.68. The van der Waals surface area contributed by atoms with E-state index >= 15 is 0 Å². The van der Waals surface area contributed by atoms with Crippen molar-refractivity contribution < 1.29 is 38.8 Å². The van der Waals surface area contributed by atoms with Gasteiger partial charge in [0.05, 0.1) is 34.4 Å². The Morgan fingerprint density at radius 2 is 1.82 bits per heavy atom. The van der Waals surface area contributed by atoms with Crippen LogP contribution in [0.1, 0.15) is 87.5 Å².